The highest BCUT2D eigenvalue weighted by Gasteiger charge is 2.23. The number of aromatic nitrogens is 3. The lowest BCUT2D eigenvalue weighted by molar-refractivity contribution is -0.134. The van der Waals surface area contributed by atoms with E-state index in [1.807, 2.05) is 35.9 Å². The van der Waals surface area contributed by atoms with E-state index < -0.39 is 0 Å². The summed E-state index contributed by atoms with van der Waals surface area (Å²) in [7, 11) is 1.97. The third-order valence-corrected chi connectivity index (χ3v) is 4.45. The van der Waals surface area contributed by atoms with Crippen LogP contribution in [0.1, 0.15) is 17.0 Å². The van der Waals surface area contributed by atoms with Crippen molar-refractivity contribution >= 4 is 5.91 Å². The minimum Gasteiger partial charge on any atom is -0.339 e. The number of carbonyl (C=O) groups excluding carboxylic acids is 1. The number of likely N-dealkylation sites (N-methyl/N-ethyl adjacent to an activating group) is 1. The van der Waals surface area contributed by atoms with Gasteiger partial charge in [0.2, 0.25) is 5.91 Å². The Kier molecular flexibility index (Phi) is 5.72. The van der Waals surface area contributed by atoms with Crippen LogP contribution in [-0.2, 0) is 17.9 Å². The van der Waals surface area contributed by atoms with Crippen LogP contribution in [0.3, 0.4) is 0 Å². The summed E-state index contributed by atoms with van der Waals surface area (Å²) in [6.07, 6.45) is 3.55. The SMILES string of the molecule is Cc1nonc1CN1CCN(C(=O)CN(C)Cc2ccncc2)CC1. The minimum atomic E-state index is 0.176. The van der Waals surface area contributed by atoms with Crippen molar-refractivity contribution in [2.75, 3.05) is 39.8 Å². The molecular weight excluding hydrogens is 320 g/mol. The Bertz CT molecular complexity index is 681. The van der Waals surface area contributed by atoms with Crippen molar-refractivity contribution in [2.45, 2.75) is 20.0 Å². The highest BCUT2D eigenvalue weighted by Crippen LogP contribution is 2.10. The molecule has 0 N–H and O–H groups in total. The van der Waals surface area contributed by atoms with E-state index in [9.17, 15) is 4.79 Å². The molecule has 134 valence electrons. The molecule has 1 aliphatic heterocycles. The third kappa shape index (κ3) is 4.83. The maximum Gasteiger partial charge on any atom is 0.236 e. The fourth-order valence-corrected chi connectivity index (χ4v) is 2.95. The predicted molar refractivity (Wildman–Crippen MR) is 91.5 cm³/mol. The molecule has 3 heterocycles. The fraction of sp³-hybridized carbons (Fsp3) is 0.529. The van der Waals surface area contributed by atoms with E-state index in [2.05, 4.69) is 20.2 Å². The molecule has 0 aromatic carbocycles. The molecule has 0 unspecified atom stereocenters. The molecule has 25 heavy (non-hydrogen) atoms. The number of piperazine rings is 1. The number of hydrogen-bond acceptors (Lipinski definition) is 7. The molecule has 1 fully saturated rings. The van der Waals surface area contributed by atoms with Gasteiger partial charge in [0, 0.05) is 51.7 Å². The maximum absolute atomic E-state index is 12.5. The van der Waals surface area contributed by atoms with Crippen LogP contribution in [0.4, 0.5) is 0 Å². The molecule has 1 aliphatic rings. The van der Waals surface area contributed by atoms with Crippen molar-refractivity contribution in [2.24, 2.45) is 0 Å². The van der Waals surface area contributed by atoms with Crippen molar-refractivity contribution in [3.63, 3.8) is 0 Å². The lowest BCUT2D eigenvalue weighted by atomic mass is 10.2. The van der Waals surface area contributed by atoms with E-state index in [-0.39, 0.29) is 5.91 Å². The van der Waals surface area contributed by atoms with Crippen LogP contribution in [0.2, 0.25) is 0 Å². The topological polar surface area (TPSA) is 78.6 Å². The van der Waals surface area contributed by atoms with Gasteiger partial charge in [0.1, 0.15) is 11.4 Å². The number of rotatable bonds is 6. The van der Waals surface area contributed by atoms with Crippen LogP contribution < -0.4 is 0 Å². The van der Waals surface area contributed by atoms with Crippen molar-refractivity contribution < 1.29 is 9.42 Å². The third-order valence-electron chi connectivity index (χ3n) is 4.45. The molecule has 0 radical (unpaired) electrons. The number of carbonyl (C=O) groups is 1. The molecule has 8 nitrogen and oxygen atoms in total. The lowest BCUT2D eigenvalue weighted by Gasteiger charge is -2.35. The van der Waals surface area contributed by atoms with Crippen molar-refractivity contribution in [3.8, 4) is 0 Å². The van der Waals surface area contributed by atoms with Crippen molar-refractivity contribution in [3.05, 3.63) is 41.5 Å². The first-order chi connectivity index (χ1) is 12.1. The summed E-state index contributed by atoms with van der Waals surface area (Å²) < 4.78 is 4.74. The quantitative estimate of drug-likeness (QED) is 0.757. The summed E-state index contributed by atoms with van der Waals surface area (Å²) in [5.41, 5.74) is 2.86. The van der Waals surface area contributed by atoms with E-state index in [0.717, 1.165) is 56.2 Å². The summed E-state index contributed by atoms with van der Waals surface area (Å²) in [6.45, 7) is 6.95. The first-order valence-electron chi connectivity index (χ1n) is 8.47. The van der Waals surface area contributed by atoms with Gasteiger partial charge in [-0.1, -0.05) is 10.3 Å². The minimum absolute atomic E-state index is 0.176. The Balaban J connectivity index is 1.43. The Hall–Kier alpha value is -2.32. The van der Waals surface area contributed by atoms with Crippen LogP contribution in [0, 0.1) is 6.92 Å². The second-order valence-electron chi connectivity index (χ2n) is 6.48. The lowest BCUT2D eigenvalue weighted by Crippen LogP contribution is -2.50. The summed E-state index contributed by atoms with van der Waals surface area (Å²) in [5, 5.41) is 7.73. The van der Waals surface area contributed by atoms with Gasteiger partial charge >= 0.3 is 0 Å². The average Bonchev–Trinajstić information content (AvgIpc) is 3.01. The van der Waals surface area contributed by atoms with Gasteiger partial charge in [0.05, 0.1) is 6.54 Å². The van der Waals surface area contributed by atoms with E-state index in [1.54, 1.807) is 12.4 Å². The average molecular weight is 344 g/mol. The predicted octanol–water partition coefficient (Wildman–Crippen LogP) is 0.549. The van der Waals surface area contributed by atoms with Gasteiger partial charge in [-0.15, -0.1) is 0 Å². The van der Waals surface area contributed by atoms with Crippen molar-refractivity contribution in [1.29, 1.82) is 0 Å². The standard InChI is InChI=1S/C17H24N6O2/c1-14-16(20-25-19-14)12-22-7-9-23(10-8-22)17(24)13-21(2)11-15-3-5-18-6-4-15/h3-6H,7-13H2,1-2H3. The zero-order valence-electron chi connectivity index (χ0n) is 14.8. The van der Waals surface area contributed by atoms with Crippen LogP contribution >= 0.6 is 0 Å². The maximum atomic E-state index is 12.5. The van der Waals surface area contributed by atoms with Gasteiger partial charge in [-0.05, 0) is 31.7 Å². The molecule has 8 heteroatoms. The Morgan fingerprint density at radius 2 is 1.92 bits per heavy atom. The largest absolute Gasteiger partial charge is 0.339 e. The number of nitrogens with zero attached hydrogens (tertiary/aromatic N) is 6. The molecule has 0 saturated carbocycles. The van der Waals surface area contributed by atoms with Crippen LogP contribution in [0.15, 0.2) is 29.2 Å². The number of pyridine rings is 1. The van der Waals surface area contributed by atoms with Gasteiger partial charge in [0.15, 0.2) is 0 Å². The first kappa shape index (κ1) is 17.5. The van der Waals surface area contributed by atoms with Crippen LogP contribution in [0.25, 0.3) is 0 Å². The summed E-state index contributed by atoms with van der Waals surface area (Å²) in [5.74, 6) is 0.176. The van der Waals surface area contributed by atoms with E-state index in [0.29, 0.717) is 6.54 Å². The summed E-state index contributed by atoms with van der Waals surface area (Å²) in [6, 6.07) is 3.95. The van der Waals surface area contributed by atoms with Gasteiger partial charge < -0.3 is 4.90 Å². The molecule has 0 bridgehead atoms. The molecule has 1 amide bonds. The summed E-state index contributed by atoms with van der Waals surface area (Å²) >= 11 is 0. The zero-order valence-corrected chi connectivity index (χ0v) is 14.8. The van der Waals surface area contributed by atoms with E-state index in [1.165, 1.54) is 0 Å². The highest BCUT2D eigenvalue weighted by molar-refractivity contribution is 5.78. The molecule has 3 rings (SSSR count). The number of amides is 1. The summed E-state index contributed by atoms with van der Waals surface area (Å²) in [4.78, 5) is 22.8. The van der Waals surface area contributed by atoms with E-state index >= 15 is 0 Å². The number of hydrogen-bond donors (Lipinski definition) is 0. The Morgan fingerprint density at radius 3 is 2.56 bits per heavy atom. The molecule has 0 aliphatic carbocycles. The smallest absolute Gasteiger partial charge is 0.236 e. The number of aryl methyl sites for hydroxylation is 1. The van der Waals surface area contributed by atoms with E-state index in [4.69, 9.17) is 4.63 Å². The molecule has 2 aromatic heterocycles. The Labute approximate surface area is 147 Å². The highest BCUT2D eigenvalue weighted by atomic mass is 16.6. The molecular formula is C17H24N6O2. The van der Waals surface area contributed by atoms with Crippen LogP contribution in [0.5, 0.6) is 0 Å². The van der Waals surface area contributed by atoms with Gasteiger partial charge in [-0.2, -0.15) is 0 Å². The normalized spacial score (nSPS) is 15.7. The Morgan fingerprint density at radius 1 is 1.20 bits per heavy atom. The second-order valence-corrected chi connectivity index (χ2v) is 6.48. The fourth-order valence-electron chi connectivity index (χ4n) is 2.95. The second kappa shape index (κ2) is 8.17. The van der Waals surface area contributed by atoms with Gasteiger partial charge in [0.25, 0.3) is 0 Å². The van der Waals surface area contributed by atoms with Gasteiger partial charge in [-0.3, -0.25) is 19.6 Å². The first-order valence-corrected chi connectivity index (χ1v) is 8.47. The molecule has 0 atom stereocenters. The molecule has 1 saturated heterocycles. The van der Waals surface area contributed by atoms with Gasteiger partial charge in [-0.25, -0.2) is 4.63 Å². The van der Waals surface area contributed by atoms with Crippen LogP contribution in [-0.4, -0.2) is 75.7 Å². The van der Waals surface area contributed by atoms with Crippen molar-refractivity contribution in [1.82, 2.24) is 30.0 Å². The molecule has 2 aromatic rings. The molecule has 0 spiro atoms. The zero-order chi connectivity index (χ0) is 17.6. The monoisotopic (exact) mass is 344 g/mol.